The predicted octanol–water partition coefficient (Wildman–Crippen LogP) is -2.09. The summed E-state index contributed by atoms with van der Waals surface area (Å²) in [7, 11) is 0. The zero-order valence-electron chi connectivity index (χ0n) is 5.67. The molecule has 0 saturated heterocycles. The molecule has 0 aliphatic carbocycles. The Bertz CT molecular complexity index is 55.9. The minimum absolute atomic E-state index is 0. The van der Waals surface area contributed by atoms with Crippen molar-refractivity contribution in [3.05, 3.63) is 0 Å². The van der Waals surface area contributed by atoms with Crippen molar-refractivity contribution in [3.8, 4) is 0 Å². The van der Waals surface area contributed by atoms with E-state index in [-0.39, 0.29) is 30.8 Å². The normalized spacial score (nSPS) is 10.8. The maximum atomic E-state index is 8.66. The second kappa shape index (κ2) is 5.85. The second-order valence-electron chi connectivity index (χ2n) is 2.33. The maximum Gasteiger partial charge on any atom is 0.0531 e. The van der Waals surface area contributed by atoms with Gasteiger partial charge in [0.15, 0.2) is 0 Å². The predicted molar refractivity (Wildman–Crippen MR) is 45.3 cm³/mol. The molecule has 4 heteroatoms. The van der Waals surface area contributed by atoms with Gasteiger partial charge in [0.2, 0.25) is 0 Å². The van der Waals surface area contributed by atoms with Crippen LogP contribution in [0.3, 0.4) is 0 Å². The van der Waals surface area contributed by atoms with Gasteiger partial charge in [0.05, 0.1) is 19.8 Å². The lowest BCUT2D eigenvalue weighted by Gasteiger charge is -2.24. The first-order chi connectivity index (χ1) is 4.24. The molecule has 3 nitrogen and oxygen atoms in total. The van der Waals surface area contributed by atoms with E-state index in [0.29, 0.717) is 6.42 Å². The zero-order chi connectivity index (χ0) is 7.33. The van der Waals surface area contributed by atoms with Crippen molar-refractivity contribution in [2.24, 2.45) is 5.41 Å². The highest BCUT2D eigenvalue weighted by Gasteiger charge is 2.24. The van der Waals surface area contributed by atoms with Gasteiger partial charge in [-0.2, -0.15) is 0 Å². The first kappa shape index (κ1) is 12.7. The fourth-order valence-corrected chi connectivity index (χ4v) is 0.485. The van der Waals surface area contributed by atoms with Gasteiger partial charge in [0, 0.05) is 5.41 Å². The van der Waals surface area contributed by atoms with Crippen LogP contribution in [0.1, 0.15) is 13.3 Å². The molecule has 0 radical (unpaired) electrons. The van der Waals surface area contributed by atoms with Gasteiger partial charge in [-0.25, -0.2) is 0 Å². The molecule has 0 bridgehead atoms. The van der Waals surface area contributed by atoms with Crippen LogP contribution in [0.2, 0.25) is 0 Å². The van der Waals surface area contributed by atoms with Gasteiger partial charge in [0.1, 0.15) is 0 Å². The molecule has 0 unspecified atom stereocenters. The van der Waals surface area contributed by atoms with E-state index in [1.54, 1.807) is 0 Å². The Kier molecular flexibility index (Phi) is 7.46. The molecule has 0 saturated carbocycles. The van der Waals surface area contributed by atoms with Gasteiger partial charge >= 0.3 is 0 Å². The van der Waals surface area contributed by atoms with E-state index in [2.05, 4.69) is 0 Å². The summed E-state index contributed by atoms with van der Waals surface area (Å²) in [5.74, 6) is 0. The topological polar surface area (TPSA) is 60.7 Å². The lowest BCUT2D eigenvalue weighted by atomic mass is 9.88. The van der Waals surface area contributed by atoms with Crippen LogP contribution >= 0.6 is 0 Å². The molecule has 0 rings (SSSR count). The van der Waals surface area contributed by atoms with E-state index in [4.69, 9.17) is 15.3 Å². The summed E-state index contributed by atoms with van der Waals surface area (Å²) in [6.07, 6.45) is 0.594. The fourth-order valence-electron chi connectivity index (χ4n) is 0.485. The van der Waals surface area contributed by atoms with E-state index in [1.165, 1.54) is 0 Å². The number of hydrogen-bond donors (Lipinski definition) is 3. The molecule has 0 heterocycles. The average Bonchev–Trinajstić information content (AvgIpc) is 1.95. The molecule has 0 aromatic rings. The number of hydrogen-bond acceptors (Lipinski definition) is 3. The highest BCUT2D eigenvalue weighted by molar-refractivity contribution is 5.75. The quantitative estimate of drug-likeness (QED) is 0.420. The van der Waals surface area contributed by atoms with Crippen molar-refractivity contribution in [1.29, 1.82) is 0 Å². The SMILES string of the molecule is CCC(CO)(CO)CO.[SiH4]. The van der Waals surface area contributed by atoms with Crippen LogP contribution in [0.15, 0.2) is 0 Å². The van der Waals surface area contributed by atoms with Gasteiger partial charge in [-0.3, -0.25) is 0 Å². The minimum Gasteiger partial charge on any atom is -0.396 e. The summed E-state index contributed by atoms with van der Waals surface area (Å²) in [4.78, 5) is 0. The standard InChI is InChI=1S/C6H14O3.H4Si/c1-2-6(3-7,4-8)5-9;/h7-9H,2-5H2,1H3;1H4. The van der Waals surface area contributed by atoms with E-state index >= 15 is 0 Å². The van der Waals surface area contributed by atoms with Crippen molar-refractivity contribution >= 4 is 11.0 Å². The smallest absolute Gasteiger partial charge is 0.0531 e. The Morgan fingerprint density at radius 1 is 1.00 bits per heavy atom. The van der Waals surface area contributed by atoms with Crippen molar-refractivity contribution in [2.45, 2.75) is 13.3 Å². The maximum absolute atomic E-state index is 8.66. The van der Waals surface area contributed by atoms with Gasteiger partial charge in [0.25, 0.3) is 0 Å². The van der Waals surface area contributed by atoms with Crippen molar-refractivity contribution in [2.75, 3.05) is 19.8 Å². The monoisotopic (exact) mass is 166 g/mol. The van der Waals surface area contributed by atoms with Crippen LogP contribution in [0, 0.1) is 5.41 Å². The molecule has 0 aromatic heterocycles. The highest BCUT2D eigenvalue weighted by Crippen LogP contribution is 2.18. The molecule has 0 atom stereocenters. The van der Waals surface area contributed by atoms with Gasteiger partial charge < -0.3 is 15.3 Å². The number of aliphatic hydroxyl groups is 3. The lowest BCUT2D eigenvalue weighted by Crippen LogP contribution is -2.32. The van der Waals surface area contributed by atoms with E-state index < -0.39 is 5.41 Å². The molecule has 3 N–H and O–H groups in total. The molecular formula is C6H18O3Si. The van der Waals surface area contributed by atoms with Gasteiger partial charge in [-0.15, -0.1) is 0 Å². The van der Waals surface area contributed by atoms with E-state index in [1.807, 2.05) is 6.92 Å². The molecule has 0 aromatic carbocycles. The van der Waals surface area contributed by atoms with Crippen molar-refractivity contribution in [1.82, 2.24) is 0 Å². The van der Waals surface area contributed by atoms with Crippen LogP contribution in [0.5, 0.6) is 0 Å². The van der Waals surface area contributed by atoms with E-state index in [0.717, 1.165) is 0 Å². The van der Waals surface area contributed by atoms with Crippen molar-refractivity contribution in [3.63, 3.8) is 0 Å². The zero-order valence-corrected chi connectivity index (χ0v) is 5.67. The van der Waals surface area contributed by atoms with Crippen LogP contribution in [-0.2, 0) is 0 Å². The molecule has 0 aliphatic rings. The summed E-state index contributed by atoms with van der Waals surface area (Å²) >= 11 is 0. The third-order valence-electron chi connectivity index (χ3n) is 1.76. The van der Waals surface area contributed by atoms with Crippen LogP contribution in [0.4, 0.5) is 0 Å². The molecule has 64 valence electrons. The van der Waals surface area contributed by atoms with E-state index in [9.17, 15) is 0 Å². The summed E-state index contributed by atoms with van der Waals surface area (Å²) in [5, 5.41) is 26.0. The van der Waals surface area contributed by atoms with Gasteiger partial charge in [-0.1, -0.05) is 6.92 Å². The number of aliphatic hydroxyl groups excluding tert-OH is 3. The first-order valence-corrected chi connectivity index (χ1v) is 3.07. The molecule has 0 aliphatic heterocycles. The third-order valence-corrected chi connectivity index (χ3v) is 1.76. The van der Waals surface area contributed by atoms with Crippen LogP contribution < -0.4 is 0 Å². The first-order valence-electron chi connectivity index (χ1n) is 3.07. The Labute approximate surface area is 65.7 Å². The minimum atomic E-state index is -0.667. The average molecular weight is 166 g/mol. The molecule has 0 spiro atoms. The Morgan fingerprint density at radius 2 is 1.30 bits per heavy atom. The molecular weight excluding hydrogens is 148 g/mol. The molecule has 0 fully saturated rings. The van der Waals surface area contributed by atoms with Crippen LogP contribution in [0.25, 0.3) is 0 Å². The summed E-state index contributed by atoms with van der Waals surface area (Å²) in [5.41, 5.74) is -0.667. The second-order valence-corrected chi connectivity index (χ2v) is 2.33. The largest absolute Gasteiger partial charge is 0.396 e. The highest BCUT2D eigenvalue weighted by atomic mass is 28.1. The lowest BCUT2D eigenvalue weighted by molar-refractivity contribution is 0.00304. The Hall–Kier alpha value is 0.0969. The fraction of sp³-hybridized carbons (Fsp3) is 1.00. The Balaban J connectivity index is 0. The Morgan fingerprint density at radius 3 is 1.30 bits per heavy atom. The number of rotatable bonds is 4. The summed E-state index contributed by atoms with van der Waals surface area (Å²) < 4.78 is 0. The summed E-state index contributed by atoms with van der Waals surface area (Å²) in [6.45, 7) is 1.35. The third kappa shape index (κ3) is 2.79. The molecule has 0 amide bonds. The summed E-state index contributed by atoms with van der Waals surface area (Å²) in [6, 6.07) is 0. The van der Waals surface area contributed by atoms with Gasteiger partial charge in [-0.05, 0) is 17.4 Å². The van der Waals surface area contributed by atoms with Crippen LogP contribution in [-0.4, -0.2) is 46.1 Å². The molecule has 10 heavy (non-hydrogen) atoms. The van der Waals surface area contributed by atoms with Crippen molar-refractivity contribution < 1.29 is 15.3 Å².